The highest BCUT2D eigenvalue weighted by Gasteiger charge is 2.10. The van der Waals surface area contributed by atoms with Crippen molar-refractivity contribution in [3.05, 3.63) is 56.0 Å². The van der Waals surface area contributed by atoms with Crippen LogP contribution in [-0.2, 0) is 5.75 Å². The first-order valence-corrected chi connectivity index (χ1v) is 6.68. The summed E-state index contributed by atoms with van der Waals surface area (Å²) in [5, 5.41) is 11.2. The third kappa shape index (κ3) is 3.35. The van der Waals surface area contributed by atoms with Crippen molar-refractivity contribution in [2.75, 3.05) is 5.73 Å². The number of rotatable bonds is 4. The first kappa shape index (κ1) is 14.1. The molecule has 0 radical (unpaired) electrons. The van der Waals surface area contributed by atoms with Crippen LogP contribution in [0.5, 0.6) is 0 Å². The van der Waals surface area contributed by atoms with E-state index in [-0.39, 0.29) is 11.2 Å². The monoisotopic (exact) mass is 292 g/mol. The Labute approximate surface area is 118 Å². The van der Waals surface area contributed by atoms with Crippen molar-refractivity contribution >= 4 is 23.1 Å². The second-order valence-electron chi connectivity index (χ2n) is 4.12. The zero-order valence-corrected chi connectivity index (χ0v) is 11.4. The van der Waals surface area contributed by atoms with Gasteiger partial charge in [0, 0.05) is 35.3 Å². The molecular formula is C12H12N4O3S. The van der Waals surface area contributed by atoms with Crippen molar-refractivity contribution in [1.29, 1.82) is 0 Å². The van der Waals surface area contributed by atoms with Crippen LogP contribution < -0.4 is 11.3 Å². The molecule has 0 saturated heterocycles. The number of thioether (sulfide) groups is 1. The molecule has 20 heavy (non-hydrogen) atoms. The second-order valence-corrected chi connectivity index (χ2v) is 5.08. The third-order valence-electron chi connectivity index (χ3n) is 2.55. The van der Waals surface area contributed by atoms with Gasteiger partial charge in [0.05, 0.1) is 4.92 Å². The lowest BCUT2D eigenvalue weighted by atomic mass is 10.2. The number of aromatic nitrogens is 2. The Balaban J connectivity index is 2.20. The van der Waals surface area contributed by atoms with E-state index in [4.69, 9.17) is 5.73 Å². The van der Waals surface area contributed by atoms with E-state index < -0.39 is 4.92 Å². The minimum atomic E-state index is -0.472. The van der Waals surface area contributed by atoms with Gasteiger partial charge in [0.25, 0.3) is 11.2 Å². The molecule has 8 heteroatoms. The van der Waals surface area contributed by atoms with Crippen LogP contribution in [0.2, 0.25) is 0 Å². The number of hydrogen-bond donors (Lipinski definition) is 2. The summed E-state index contributed by atoms with van der Waals surface area (Å²) in [5.41, 5.74) is 7.26. The van der Waals surface area contributed by atoms with Crippen LogP contribution in [0.15, 0.2) is 34.2 Å². The van der Waals surface area contributed by atoms with E-state index in [9.17, 15) is 14.9 Å². The van der Waals surface area contributed by atoms with Gasteiger partial charge in [-0.25, -0.2) is 4.98 Å². The van der Waals surface area contributed by atoms with Gasteiger partial charge in [0.2, 0.25) is 0 Å². The fourth-order valence-corrected chi connectivity index (χ4v) is 2.52. The predicted octanol–water partition coefficient (Wildman–Crippen LogP) is 1.86. The Morgan fingerprint density at radius 1 is 1.45 bits per heavy atom. The molecule has 0 saturated carbocycles. The Bertz CT molecular complexity index is 714. The number of aromatic amines is 1. The maximum Gasteiger partial charge on any atom is 0.269 e. The van der Waals surface area contributed by atoms with Crippen LogP contribution in [0.4, 0.5) is 11.4 Å². The Morgan fingerprint density at radius 3 is 2.85 bits per heavy atom. The quantitative estimate of drug-likeness (QED) is 0.292. The number of nitro groups is 1. The topological polar surface area (TPSA) is 115 Å². The minimum absolute atomic E-state index is 0.0134. The van der Waals surface area contributed by atoms with Gasteiger partial charge >= 0.3 is 0 Å². The number of nitro benzene ring substituents is 1. The lowest BCUT2D eigenvalue weighted by Crippen LogP contribution is -2.08. The van der Waals surface area contributed by atoms with E-state index in [2.05, 4.69) is 9.97 Å². The number of benzene rings is 1. The summed E-state index contributed by atoms with van der Waals surface area (Å²) in [6.45, 7) is 1.72. The summed E-state index contributed by atoms with van der Waals surface area (Å²) in [6, 6.07) is 5.68. The zero-order chi connectivity index (χ0) is 14.7. The van der Waals surface area contributed by atoms with Crippen LogP contribution in [0.25, 0.3) is 0 Å². The summed E-state index contributed by atoms with van der Waals surface area (Å²) in [4.78, 5) is 28.3. The SMILES string of the molecule is Cc1cc(=O)[nH]c(SCc2cc([N+](=O)[O-])ccc2N)n1. The van der Waals surface area contributed by atoms with Gasteiger partial charge in [0.15, 0.2) is 5.16 Å². The molecule has 2 aromatic rings. The van der Waals surface area contributed by atoms with Crippen LogP contribution in [0.1, 0.15) is 11.3 Å². The van der Waals surface area contributed by atoms with Crippen LogP contribution in [-0.4, -0.2) is 14.9 Å². The maximum absolute atomic E-state index is 11.3. The smallest absolute Gasteiger partial charge is 0.269 e. The number of H-pyrrole nitrogens is 1. The standard InChI is InChI=1S/C12H12N4O3S/c1-7-4-11(17)15-12(14-7)20-6-8-5-9(16(18)19)2-3-10(8)13/h2-5H,6,13H2,1H3,(H,14,15,17). The van der Waals surface area contributed by atoms with E-state index in [1.807, 2.05) is 0 Å². The average Bonchev–Trinajstić information content (AvgIpc) is 2.36. The number of nitrogens with two attached hydrogens (primary N) is 1. The largest absolute Gasteiger partial charge is 0.398 e. The fraction of sp³-hybridized carbons (Fsp3) is 0.167. The minimum Gasteiger partial charge on any atom is -0.398 e. The molecule has 2 rings (SSSR count). The fourth-order valence-electron chi connectivity index (χ4n) is 1.60. The van der Waals surface area contributed by atoms with Gasteiger partial charge in [-0.05, 0) is 18.6 Å². The number of nitrogens with zero attached hydrogens (tertiary/aromatic N) is 2. The van der Waals surface area contributed by atoms with Crippen molar-refractivity contribution in [1.82, 2.24) is 9.97 Å². The maximum atomic E-state index is 11.3. The Kier molecular flexibility index (Phi) is 4.04. The summed E-state index contributed by atoms with van der Waals surface area (Å²) in [7, 11) is 0. The number of nitrogens with one attached hydrogen (secondary N) is 1. The molecule has 1 heterocycles. The highest BCUT2D eigenvalue weighted by Crippen LogP contribution is 2.26. The predicted molar refractivity (Wildman–Crippen MR) is 76.7 cm³/mol. The molecule has 0 aliphatic rings. The molecule has 0 atom stereocenters. The number of nitrogen functional groups attached to an aromatic ring is 1. The van der Waals surface area contributed by atoms with E-state index in [1.54, 1.807) is 6.92 Å². The van der Waals surface area contributed by atoms with Crippen LogP contribution in [0.3, 0.4) is 0 Å². The van der Waals surface area contributed by atoms with Crippen molar-refractivity contribution in [2.45, 2.75) is 17.8 Å². The second kappa shape index (κ2) is 5.74. The van der Waals surface area contributed by atoms with Gasteiger partial charge in [-0.1, -0.05) is 11.8 Å². The van der Waals surface area contributed by atoms with Crippen molar-refractivity contribution in [3.8, 4) is 0 Å². The molecule has 1 aromatic carbocycles. The van der Waals surface area contributed by atoms with E-state index in [0.717, 1.165) is 0 Å². The molecule has 0 aliphatic heterocycles. The van der Waals surface area contributed by atoms with Crippen molar-refractivity contribution in [2.24, 2.45) is 0 Å². The van der Waals surface area contributed by atoms with Crippen LogP contribution in [0, 0.1) is 17.0 Å². The third-order valence-corrected chi connectivity index (χ3v) is 3.47. The number of aryl methyl sites for hydroxylation is 1. The first-order valence-electron chi connectivity index (χ1n) is 5.69. The van der Waals surface area contributed by atoms with Crippen LogP contribution >= 0.6 is 11.8 Å². The van der Waals surface area contributed by atoms with Gasteiger partial charge < -0.3 is 10.7 Å². The zero-order valence-electron chi connectivity index (χ0n) is 10.6. The molecule has 0 fully saturated rings. The number of anilines is 1. The first-order chi connectivity index (χ1) is 9.45. The Hall–Kier alpha value is -2.35. The molecule has 7 nitrogen and oxygen atoms in total. The number of non-ortho nitro benzene ring substituents is 1. The molecular weight excluding hydrogens is 280 g/mol. The molecule has 1 aromatic heterocycles. The van der Waals surface area contributed by atoms with Gasteiger partial charge in [-0.15, -0.1) is 0 Å². The molecule has 0 spiro atoms. The molecule has 0 bridgehead atoms. The Morgan fingerprint density at radius 2 is 2.20 bits per heavy atom. The van der Waals surface area contributed by atoms with E-state index >= 15 is 0 Å². The summed E-state index contributed by atoms with van der Waals surface area (Å²) >= 11 is 1.27. The molecule has 0 unspecified atom stereocenters. The molecule has 104 valence electrons. The number of hydrogen-bond acceptors (Lipinski definition) is 6. The normalized spacial score (nSPS) is 10.4. The highest BCUT2D eigenvalue weighted by molar-refractivity contribution is 7.98. The van der Waals surface area contributed by atoms with E-state index in [0.29, 0.717) is 27.9 Å². The summed E-state index contributed by atoms with van der Waals surface area (Å²) in [5.74, 6) is 0.389. The van der Waals surface area contributed by atoms with Crippen molar-refractivity contribution < 1.29 is 4.92 Å². The van der Waals surface area contributed by atoms with E-state index in [1.165, 1.54) is 36.0 Å². The molecule has 0 amide bonds. The van der Waals surface area contributed by atoms with Crippen molar-refractivity contribution in [3.63, 3.8) is 0 Å². The lowest BCUT2D eigenvalue weighted by molar-refractivity contribution is -0.384. The average molecular weight is 292 g/mol. The lowest BCUT2D eigenvalue weighted by Gasteiger charge is -2.05. The molecule has 3 N–H and O–H groups in total. The van der Waals surface area contributed by atoms with Gasteiger partial charge in [0.1, 0.15) is 0 Å². The molecule has 0 aliphatic carbocycles. The van der Waals surface area contributed by atoms with Gasteiger partial charge in [-0.3, -0.25) is 14.9 Å². The summed E-state index contributed by atoms with van der Waals surface area (Å²) in [6.07, 6.45) is 0. The highest BCUT2D eigenvalue weighted by atomic mass is 32.2. The van der Waals surface area contributed by atoms with Gasteiger partial charge in [-0.2, -0.15) is 0 Å². The summed E-state index contributed by atoms with van der Waals surface area (Å²) < 4.78 is 0.